The number of amides is 1. The molecular weight excluding hydrogens is 414 g/mol. The Labute approximate surface area is 193 Å². The van der Waals surface area contributed by atoms with Crippen molar-refractivity contribution in [2.24, 2.45) is 0 Å². The summed E-state index contributed by atoms with van der Waals surface area (Å²) in [5, 5.41) is 0.551. The number of carbonyl (C=O) groups excluding carboxylic acids is 1. The Kier molecular flexibility index (Phi) is 6.73. The summed E-state index contributed by atoms with van der Waals surface area (Å²) in [6, 6.07) is 18.6. The summed E-state index contributed by atoms with van der Waals surface area (Å²) >= 11 is 0. The highest BCUT2D eigenvalue weighted by Crippen LogP contribution is 2.28. The van der Waals surface area contributed by atoms with Crippen molar-refractivity contribution in [1.29, 1.82) is 0 Å². The maximum absolute atomic E-state index is 13.7. The number of benzene rings is 2. The normalized spacial score (nSPS) is 12.1. The molecule has 0 fully saturated rings. The van der Waals surface area contributed by atoms with E-state index in [1.54, 1.807) is 21.8 Å². The average Bonchev–Trinajstić information content (AvgIpc) is 3.37. The standard InChI is InChI=1S/C27H29N3O3/c1-4-19-13-15-20(16-14-19)30-26(28-23-12-8-7-11-22(23)27(30)32)24(5-2)29(25(31)6-3)18-21-10-9-17-33-21/h7-17,24H,4-6,18H2,1-3H3. The Morgan fingerprint density at radius 3 is 2.42 bits per heavy atom. The maximum atomic E-state index is 13.7. The second-order valence-corrected chi connectivity index (χ2v) is 8.03. The van der Waals surface area contributed by atoms with Gasteiger partial charge in [-0.1, -0.05) is 45.0 Å². The van der Waals surface area contributed by atoms with E-state index in [0.29, 0.717) is 41.9 Å². The monoisotopic (exact) mass is 443 g/mol. The van der Waals surface area contributed by atoms with Crippen molar-refractivity contribution in [2.75, 3.05) is 0 Å². The van der Waals surface area contributed by atoms with Crippen LogP contribution in [0.4, 0.5) is 0 Å². The van der Waals surface area contributed by atoms with Crippen molar-refractivity contribution >= 4 is 16.8 Å². The first-order valence-electron chi connectivity index (χ1n) is 11.5. The molecule has 33 heavy (non-hydrogen) atoms. The first kappa shape index (κ1) is 22.5. The van der Waals surface area contributed by atoms with Crippen LogP contribution < -0.4 is 5.56 Å². The largest absolute Gasteiger partial charge is 0.467 e. The van der Waals surface area contributed by atoms with Gasteiger partial charge in [0.1, 0.15) is 11.6 Å². The zero-order chi connectivity index (χ0) is 23.4. The molecule has 4 rings (SSSR count). The third-order valence-corrected chi connectivity index (χ3v) is 5.99. The SMILES string of the molecule is CCC(=O)N(Cc1ccco1)C(CC)c1nc2ccccc2c(=O)n1-c1ccc(CC)cc1. The molecule has 2 aromatic heterocycles. The Morgan fingerprint density at radius 1 is 1.03 bits per heavy atom. The number of hydrogen-bond acceptors (Lipinski definition) is 4. The molecule has 4 aromatic rings. The van der Waals surface area contributed by atoms with Gasteiger partial charge in [-0.25, -0.2) is 4.98 Å². The number of para-hydroxylation sites is 1. The topological polar surface area (TPSA) is 68.3 Å². The lowest BCUT2D eigenvalue weighted by molar-refractivity contribution is -0.134. The number of hydrogen-bond donors (Lipinski definition) is 0. The van der Waals surface area contributed by atoms with Crippen LogP contribution in [0.5, 0.6) is 0 Å². The summed E-state index contributed by atoms with van der Waals surface area (Å²) in [4.78, 5) is 33.5. The first-order chi connectivity index (χ1) is 16.1. The van der Waals surface area contributed by atoms with E-state index in [9.17, 15) is 9.59 Å². The molecule has 0 saturated heterocycles. The number of aromatic nitrogens is 2. The lowest BCUT2D eigenvalue weighted by atomic mass is 10.1. The number of carbonyl (C=O) groups is 1. The Bertz CT molecular complexity index is 1290. The van der Waals surface area contributed by atoms with Gasteiger partial charge >= 0.3 is 0 Å². The lowest BCUT2D eigenvalue weighted by Gasteiger charge is -2.31. The zero-order valence-electron chi connectivity index (χ0n) is 19.3. The minimum atomic E-state index is -0.397. The second kappa shape index (κ2) is 9.86. The summed E-state index contributed by atoms with van der Waals surface area (Å²) in [5.41, 5.74) is 2.42. The van der Waals surface area contributed by atoms with Gasteiger partial charge < -0.3 is 9.32 Å². The molecule has 1 atom stereocenters. The maximum Gasteiger partial charge on any atom is 0.266 e. The second-order valence-electron chi connectivity index (χ2n) is 8.03. The summed E-state index contributed by atoms with van der Waals surface area (Å²) in [7, 11) is 0. The van der Waals surface area contributed by atoms with Crippen LogP contribution in [0, 0.1) is 0 Å². The number of rotatable bonds is 8. The number of nitrogens with zero attached hydrogens (tertiary/aromatic N) is 3. The van der Waals surface area contributed by atoms with Crippen molar-refractivity contribution in [3.8, 4) is 5.69 Å². The number of aryl methyl sites for hydroxylation is 1. The molecule has 0 aliphatic rings. The summed E-state index contributed by atoms with van der Waals surface area (Å²) < 4.78 is 7.20. The van der Waals surface area contributed by atoms with E-state index < -0.39 is 6.04 Å². The van der Waals surface area contributed by atoms with Gasteiger partial charge in [0.25, 0.3) is 5.56 Å². The third kappa shape index (κ3) is 4.46. The van der Waals surface area contributed by atoms with E-state index >= 15 is 0 Å². The van der Waals surface area contributed by atoms with E-state index in [-0.39, 0.29) is 11.5 Å². The van der Waals surface area contributed by atoms with Gasteiger partial charge in [0.2, 0.25) is 5.91 Å². The van der Waals surface area contributed by atoms with E-state index in [4.69, 9.17) is 9.40 Å². The molecule has 6 nitrogen and oxygen atoms in total. The van der Waals surface area contributed by atoms with Gasteiger partial charge in [-0.15, -0.1) is 0 Å². The van der Waals surface area contributed by atoms with E-state index in [1.165, 1.54) is 5.56 Å². The van der Waals surface area contributed by atoms with Gasteiger partial charge in [0.15, 0.2) is 0 Å². The fraction of sp³-hybridized carbons (Fsp3) is 0.296. The van der Waals surface area contributed by atoms with Crippen molar-refractivity contribution in [1.82, 2.24) is 14.5 Å². The van der Waals surface area contributed by atoms with E-state index in [0.717, 1.165) is 12.1 Å². The predicted octanol–water partition coefficient (Wildman–Crippen LogP) is 5.43. The highest BCUT2D eigenvalue weighted by atomic mass is 16.3. The summed E-state index contributed by atoms with van der Waals surface area (Å²) in [5.74, 6) is 1.23. The number of fused-ring (bicyclic) bond motifs is 1. The van der Waals surface area contributed by atoms with Crippen LogP contribution in [-0.4, -0.2) is 20.4 Å². The molecule has 2 heterocycles. The van der Waals surface area contributed by atoms with E-state index in [1.807, 2.05) is 68.4 Å². The Morgan fingerprint density at radius 2 is 1.79 bits per heavy atom. The van der Waals surface area contributed by atoms with Crippen LogP contribution in [0.15, 0.2) is 76.1 Å². The van der Waals surface area contributed by atoms with Gasteiger partial charge in [0.05, 0.1) is 35.4 Å². The van der Waals surface area contributed by atoms with Crippen molar-refractivity contribution in [3.05, 3.63) is 94.4 Å². The smallest absolute Gasteiger partial charge is 0.266 e. The third-order valence-electron chi connectivity index (χ3n) is 5.99. The fourth-order valence-electron chi connectivity index (χ4n) is 4.19. The molecule has 0 spiro atoms. The molecule has 0 aliphatic heterocycles. The van der Waals surface area contributed by atoms with E-state index in [2.05, 4.69) is 6.92 Å². The highest BCUT2D eigenvalue weighted by Gasteiger charge is 2.29. The minimum Gasteiger partial charge on any atom is -0.467 e. The average molecular weight is 444 g/mol. The quantitative estimate of drug-likeness (QED) is 0.364. The first-order valence-corrected chi connectivity index (χ1v) is 11.5. The molecule has 0 aliphatic carbocycles. The fourth-order valence-corrected chi connectivity index (χ4v) is 4.19. The minimum absolute atomic E-state index is 0.0199. The van der Waals surface area contributed by atoms with Crippen molar-refractivity contribution < 1.29 is 9.21 Å². The molecule has 1 unspecified atom stereocenters. The molecule has 0 saturated carbocycles. The lowest BCUT2D eigenvalue weighted by Crippen LogP contribution is -2.37. The summed E-state index contributed by atoms with van der Waals surface area (Å²) in [6.07, 6.45) is 3.46. The highest BCUT2D eigenvalue weighted by molar-refractivity contribution is 5.79. The molecule has 1 amide bonds. The van der Waals surface area contributed by atoms with Crippen LogP contribution >= 0.6 is 0 Å². The van der Waals surface area contributed by atoms with Gasteiger partial charge in [-0.2, -0.15) is 0 Å². The molecular formula is C27H29N3O3. The van der Waals surface area contributed by atoms with Gasteiger partial charge in [-0.05, 0) is 54.8 Å². The molecule has 6 heteroatoms. The Balaban J connectivity index is 1.94. The molecule has 0 bridgehead atoms. The van der Waals surface area contributed by atoms with Crippen LogP contribution in [-0.2, 0) is 17.8 Å². The van der Waals surface area contributed by atoms with Gasteiger partial charge in [-0.3, -0.25) is 14.2 Å². The van der Waals surface area contributed by atoms with Crippen LogP contribution in [0.25, 0.3) is 16.6 Å². The molecule has 170 valence electrons. The van der Waals surface area contributed by atoms with Gasteiger partial charge in [0, 0.05) is 6.42 Å². The van der Waals surface area contributed by atoms with Crippen LogP contribution in [0.2, 0.25) is 0 Å². The predicted molar refractivity (Wildman–Crippen MR) is 129 cm³/mol. The van der Waals surface area contributed by atoms with Crippen LogP contribution in [0.1, 0.15) is 56.8 Å². The zero-order valence-corrected chi connectivity index (χ0v) is 19.3. The molecule has 0 radical (unpaired) electrons. The van der Waals surface area contributed by atoms with Crippen molar-refractivity contribution in [3.63, 3.8) is 0 Å². The van der Waals surface area contributed by atoms with Crippen LogP contribution in [0.3, 0.4) is 0 Å². The summed E-state index contributed by atoms with van der Waals surface area (Å²) in [6.45, 7) is 6.26. The molecule has 2 aromatic carbocycles. The Hall–Kier alpha value is -3.67. The van der Waals surface area contributed by atoms with Crippen molar-refractivity contribution in [2.45, 2.75) is 52.6 Å². The molecule has 0 N–H and O–H groups in total. The number of furan rings is 1.